The summed E-state index contributed by atoms with van der Waals surface area (Å²) < 4.78 is 13.2. The molecule has 0 atom stereocenters. The van der Waals surface area contributed by atoms with Gasteiger partial charge in [-0.2, -0.15) is 0 Å². The molecule has 1 heterocycles. The van der Waals surface area contributed by atoms with Crippen molar-refractivity contribution in [3.8, 4) is 11.4 Å². The zero-order valence-electron chi connectivity index (χ0n) is 16.5. The molecular weight excluding hydrogens is 369 g/mol. The second kappa shape index (κ2) is 9.75. The van der Waals surface area contributed by atoms with Crippen LogP contribution in [0.1, 0.15) is 16.9 Å². The van der Waals surface area contributed by atoms with Gasteiger partial charge in [0.2, 0.25) is 0 Å². The standard InChI is InChI=1S/C22H24FN5O/c1-28(2)14-6-13-24-22(29)19-15-20(25-18-11-9-17(23)10-12-18)27-21(26-19)16-7-4-3-5-8-16/h3-5,7-12,15H,6,13-14H2,1-2H3,(H,24,29)(H,25,26,27). The molecule has 1 amide bonds. The average molecular weight is 393 g/mol. The molecule has 0 saturated carbocycles. The number of carbonyl (C=O) groups is 1. The molecule has 2 N–H and O–H groups in total. The summed E-state index contributed by atoms with van der Waals surface area (Å²) in [5.41, 5.74) is 1.74. The van der Waals surface area contributed by atoms with Crippen molar-refractivity contribution in [3.63, 3.8) is 0 Å². The molecule has 150 valence electrons. The summed E-state index contributed by atoms with van der Waals surface area (Å²) in [5.74, 6) is 0.326. The van der Waals surface area contributed by atoms with E-state index >= 15 is 0 Å². The quantitative estimate of drug-likeness (QED) is 0.571. The third-order valence-corrected chi connectivity index (χ3v) is 4.18. The van der Waals surface area contributed by atoms with Crippen LogP contribution in [0.15, 0.2) is 60.7 Å². The van der Waals surface area contributed by atoms with Gasteiger partial charge < -0.3 is 15.5 Å². The number of hydrogen-bond donors (Lipinski definition) is 2. The zero-order chi connectivity index (χ0) is 20.6. The lowest BCUT2D eigenvalue weighted by atomic mass is 10.2. The topological polar surface area (TPSA) is 70.2 Å². The Balaban J connectivity index is 1.84. The molecule has 0 unspecified atom stereocenters. The van der Waals surface area contributed by atoms with E-state index in [9.17, 15) is 9.18 Å². The van der Waals surface area contributed by atoms with E-state index in [1.807, 2.05) is 44.4 Å². The molecule has 0 aliphatic heterocycles. The molecular formula is C22H24FN5O. The monoisotopic (exact) mass is 393 g/mol. The Morgan fingerprint density at radius 1 is 1.03 bits per heavy atom. The summed E-state index contributed by atoms with van der Waals surface area (Å²) >= 11 is 0. The average Bonchev–Trinajstić information content (AvgIpc) is 2.73. The van der Waals surface area contributed by atoms with Gasteiger partial charge in [0.15, 0.2) is 5.82 Å². The van der Waals surface area contributed by atoms with Gasteiger partial charge >= 0.3 is 0 Å². The molecule has 0 radical (unpaired) electrons. The molecule has 3 rings (SSSR count). The van der Waals surface area contributed by atoms with E-state index in [2.05, 4.69) is 25.5 Å². The Hall–Kier alpha value is -3.32. The molecule has 0 spiro atoms. The van der Waals surface area contributed by atoms with Crippen LogP contribution in [0.2, 0.25) is 0 Å². The number of aromatic nitrogens is 2. The van der Waals surface area contributed by atoms with Gasteiger partial charge in [-0.25, -0.2) is 14.4 Å². The number of carbonyl (C=O) groups excluding carboxylic acids is 1. The van der Waals surface area contributed by atoms with E-state index in [1.165, 1.54) is 12.1 Å². The minimum Gasteiger partial charge on any atom is -0.351 e. The van der Waals surface area contributed by atoms with Crippen molar-refractivity contribution in [2.45, 2.75) is 6.42 Å². The number of amides is 1. The van der Waals surface area contributed by atoms with Crippen LogP contribution in [0.4, 0.5) is 15.9 Å². The van der Waals surface area contributed by atoms with Crippen LogP contribution in [-0.4, -0.2) is 48.0 Å². The molecule has 0 aliphatic rings. The van der Waals surface area contributed by atoms with E-state index in [0.717, 1.165) is 18.5 Å². The van der Waals surface area contributed by atoms with Crippen LogP contribution in [0.25, 0.3) is 11.4 Å². The lowest BCUT2D eigenvalue weighted by Crippen LogP contribution is -2.28. The fraction of sp³-hybridized carbons (Fsp3) is 0.227. The molecule has 6 nitrogen and oxygen atoms in total. The van der Waals surface area contributed by atoms with Gasteiger partial charge in [-0.1, -0.05) is 30.3 Å². The summed E-state index contributed by atoms with van der Waals surface area (Å²) in [6, 6.07) is 17.0. The Bertz CT molecular complexity index is 945. The van der Waals surface area contributed by atoms with E-state index in [0.29, 0.717) is 23.9 Å². The molecule has 3 aromatic rings. The Morgan fingerprint density at radius 2 is 1.76 bits per heavy atom. The summed E-state index contributed by atoms with van der Waals surface area (Å²) in [4.78, 5) is 23.7. The van der Waals surface area contributed by atoms with E-state index in [4.69, 9.17) is 0 Å². The van der Waals surface area contributed by atoms with Crippen LogP contribution in [-0.2, 0) is 0 Å². The SMILES string of the molecule is CN(C)CCCNC(=O)c1cc(Nc2ccc(F)cc2)nc(-c2ccccc2)n1. The van der Waals surface area contributed by atoms with Crippen molar-refractivity contribution in [1.29, 1.82) is 0 Å². The number of benzene rings is 2. The van der Waals surface area contributed by atoms with Crippen molar-refractivity contribution < 1.29 is 9.18 Å². The summed E-state index contributed by atoms with van der Waals surface area (Å²) in [5, 5.41) is 6.01. The maximum absolute atomic E-state index is 13.2. The van der Waals surface area contributed by atoms with Crippen molar-refractivity contribution >= 4 is 17.4 Å². The van der Waals surface area contributed by atoms with Gasteiger partial charge in [0, 0.05) is 23.9 Å². The van der Waals surface area contributed by atoms with E-state index in [-0.39, 0.29) is 17.4 Å². The minimum atomic E-state index is -0.319. The van der Waals surface area contributed by atoms with Crippen molar-refractivity contribution in [3.05, 3.63) is 72.2 Å². The van der Waals surface area contributed by atoms with Crippen LogP contribution in [0.3, 0.4) is 0 Å². The summed E-state index contributed by atoms with van der Waals surface area (Å²) in [6.45, 7) is 1.44. The molecule has 1 aromatic heterocycles. The Morgan fingerprint density at radius 3 is 2.45 bits per heavy atom. The first-order chi connectivity index (χ1) is 14.0. The lowest BCUT2D eigenvalue weighted by molar-refractivity contribution is 0.0947. The fourth-order valence-electron chi connectivity index (χ4n) is 2.71. The highest BCUT2D eigenvalue weighted by Crippen LogP contribution is 2.21. The number of nitrogens with zero attached hydrogens (tertiary/aromatic N) is 3. The third kappa shape index (κ3) is 6.08. The Kier molecular flexibility index (Phi) is 6.86. The maximum Gasteiger partial charge on any atom is 0.270 e. The van der Waals surface area contributed by atoms with Crippen LogP contribution in [0, 0.1) is 5.82 Å². The van der Waals surface area contributed by atoms with Crippen LogP contribution in [0.5, 0.6) is 0 Å². The van der Waals surface area contributed by atoms with Gasteiger partial charge in [-0.05, 0) is 51.3 Å². The Labute approximate surface area is 169 Å². The molecule has 0 saturated heterocycles. The van der Waals surface area contributed by atoms with Crippen LogP contribution < -0.4 is 10.6 Å². The zero-order valence-corrected chi connectivity index (χ0v) is 16.5. The number of rotatable bonds is 8. The maximum atomic E-state index is 13.2. The van der Waals surface area contributed by atoms with Crippen molar-refractivity contribution in [1.82, 2.24) is 20.2 Å². The molecule has 2 aromatic carbocycles. The number of halogens is 1. The van der Waals surface area contributed by atoms with E-state index < -0.39 is 0 Å². The fourth-order valence-corrected chi connectivity index (χ4v) is 2.71. The first-order valence-electron chi connectivity index (χ1n) is 9.41. The number of anilines is 2. The van der Waals surface area contributed by atoms with Crippen molar-refractivity contribution in [2.75, 3.05) is 32.5 Å². The highest BCUT2D eigenvalue weighted by molar-refractivity contribution is 5.93. The predicted molar refractivity (Wildman–Crippen MR) is 113 cm³/mol. The third-order valence-electron chi connectivity index (χ3n) is 4.18. The highest BCUT2D eigenvalue weighted by Gasteiger charge is 2.13. The minimum absolute atomic E-state index is 0.259. The molecule has 0 fully saturated rings. The number of nitrogens with one attached hydrogen (secondary N) is 2. The van der Waals surface area contributed by atoms with Gasteiger partial charge in [-0.3, -0.25) is 4.79 Å². The second-order valence-corrected chi connectivity index (χ2v) is 6.87. The molecule has 0 bridgehead atoms. The predicted octanol–water partition coefficient (Wildman–Crippen LogP) is 3.71. The van der Waals surface area contributed by atoms with Gasteiger partial charge in [-0.15, -0.1) is 0 Å². The molecule has 29 heavy (non-hydrogen) atoms. The molecule has 7 heteroatoms. The first kappa shape index (κ1) is 20.4. The van der Waals surface area contributed by atoms with Crippen molar-refractivity contribution in [2.24, 2.45) is 0 Å². The molecule has 0 aliphatic carbocycles. The largest absolute Gasteiger partial charge is 0.351 e. The highest BCUT2D eigenvalue weighted by atomic mass is 19.1. The van der Waals surface area contributed by atoms with Gasteiger partial charge in [0.1, 0.15) is 17.3 Å². The number of hydrogen-bond acceptors (Lipinski definition) is 5. The smallest absolute Gasteiger partial charge is 0.270 e. The normalized spacial score (nSPS) is 10.8. The second-order valence-electron chi connectivity index (χ2n) is 6.87. The van der Waals surface area contributed by atoms with E-state index in [1.54, 1.807) is 18.2 Å². The summed E-state index contributed by atoms with van der Waals surface area (Å²) in [6.07, 6.45) is 0.843. The van der Waals surface area contributed by atoms with Crippen LogP contribution >= 0.6 is 0 Å². The first-order valence-corrected chi connectivity index (χ1v) is 9.41. The summed E-state index contributed by atoms with van der Waals surface area (Å²) in [7, 11) is 3.98. The van der Waals surface area contributed by atoms with Gasteiger partial charge in [0.05, 0.1) is 0 Å². The van der Waals surface area contributed by atoms with Gasteiger partial charge in [0.25, 0.3) is 5.91 Å². The lowest BCUT2D eigenvalue weighted by Gasteiger charge is -2.12.